The van der Waals surface area contributed by atoms with Crippen molar-refractivity contribution >= 4 is 22.9 Å². The van der Waals surface area contributed by atoms with E-state index < -0.39 is 0 Å². The minimum atomic E-state index is -0.308. The lowest BCUT2D eigenvalue weighted by molar-refractivity contribution is -0.117. The lowest BCUT2D eigenvalue weighted by atomic mass is 9.99. The quantitative estimate of drug-likeness (QED) is 0.646. The number of nitrogens with zero attached hydrogens (tertiary/aromatic N) is 3. The minimum absolute atomic E-state index is 0.0498. The Kier molecular flexibility index (Phi) is 4.27. The van der Waals surface area contributed by atoms with Crippen molar-refractivity contribution in [3.05, 3.63) is 51.9 Å². The third-order valence-corrected chi connectivity index (χ3v) is 6.83. The van der Waals surface area contributed by atoms with Crippen LogP contribution < -0.4 is 4.90 Å². The molecule has 0 saturated carbocycles. The normalized spacial score (nSPS) is 19.3. The summed E-state index contributed by atoms with van der Waals surface area (Å²) >= 11 is 1.73. The van der Waals surface area contributed by atoms with Crippen molar-refractivity contribution in [2.75, 3.05) is 11.4 Å². The molecule has 7 heteroatoms. The Morgan fingerprint density at radius 3 is 2.93 bits per heavy atom. The molecule has 1 aliphatic heterocycles. The Labute approximate surface area is 166 Å². The van der Waals surface area contributed by atoms with Gasteiger partial charge in [-0.05, 0) is 61.9 Å². The smallest absolute Gasteiger partial charge is 0.268 e. The van der Waals surface area contributed by atoms with Gasteiger partial charge in [0.25, 0.3) is 5.89 Å². The van der Waals surface area contributed by atoms with Gasteiger partial charge in [0.2, 0.25) is 5.91 Å². The van der Waals surface area contributed by atoms with Gasteiger partial charge in [0.05, 0.1) is 4.88 Å². The highest BCUT2D eigenvalue weighted by molar-refractivity contribution is 7.15. The molecule has 5 rings (SSSR count). The largest absolute Gasteiger partial charge is 0.333 e. The summed E-state index contributed by atoms with van der Waals surface area (Å²) in [6, 6.07) is 7.04. The molecule has 5 nitrogen and oxygen atoms in total. The van der Waals surface area contributed by atoms with Crippen molar-refractivity contribution in [3.8, 4) is 10.8 Å². The lowest BCUT2D eigenvalue weighted by Gasteiger charge is -2.16. The van der Waals surface area contributed by atoms with Crippen molar-refractivity contribution in [1.82, 2.24) is 10.1 Å². The molecule has 1 atom stereocenters. The lowest BCUT2D eigenvalue weighted by Crippen LogP contribution is -2.24. The Bertz CT molecular complexity index is 1030. The Balaban J connectivity index is 1.37. The second-order valence-corrected chi connectivity index (χ2v) is 8.70. The maximum absolute atomic E-state index is 13.9. The molecular weight excluding hydrogens is 377 g/mol. The van der Waals surface area contributed by atoms with Crippen LogP contribution in [0.2, 0.25) is 0 Å². The molecule has 3 heterocycles. The number of thiophene rings is 1. The maximum atomic E-state index is 13.9. The third-order valence-electron chi connectivity index (χ3n) is 5.61. The molecule has 1 aromatic carbocycles. The van der Waals surface area contributed by atoms with Crippen LogP contribution in [0.25, 0.3) is 10.8 Å². The summed E-state index contributed by atoms with van der Waals surface area (Å²) in [5.41, 5.74) is 2.54. The van der Waals surface area contributed by atoms with Gasteiger partial charge in [-0.15, -0.1) is 11.3 Å². The van der Waals surface area contributed by atoms with Crippen molar-refractivity contribution in [2.24, 2.45) is 0 Å². The fraction of sp³-hybridized carbons (Fsp3) is 0.381. The van der Waals surface area contributed by atoms with E-state index in [-0.39, 0.29) is 17.6 Å². The van der Waals surface area contributed by atoms with Crippen molar-refractivity contribution in [3.63, 3.8) is 0 Å². The molecule has 1 saturated heterocycles. The average molecular weight is 397 g/mol. The number of anilines is 1. The molecule has 0 N–H and O–H groups in total. The topological polar surface area (TPSA) is 59.2 Å². The monoisotopic (exact) mass is 397 g/mol. The first kappa shape index (κ1) is 17.6. The average Bonchev–Trinajstić information content (AvgIpc) is 3.41. The maximum Gasteiger partial charge on any atom is 0.268 e. The van der Waals surface area contributed by atoms with E-state index in [0.29, 0.717) is 35.9 Å². The summed E-state index contributed by atoms with van der Waals surface area (Å²) in [7, 11) is 0. The fourth-order valence-corrected chi connectivity index (χ4v) is 5.15. The van der Waals surface area contributed by atoms with Crippen LogP contribution in [0.15, 0.2) is 28.8 Å². The summed E-state index contributed by atoms with van der Waals surface area (Å²) in [4.78, 5) is 21.1. The van der Waals surface area contributed by atoms with Crippen LogP contribution in [-0.2, 0) is 17.6 Å². The van der Waals surface area contributed by atoms with E-state index >= 15 is 0 Å². The first-order valence-electron chi connectivity index (χ1n) is 9.60. The molecule has 144 valence electrons. The molecule has 2 aliphatic rings. The van der Waals surface area contributed by atoms with Gasteiger partial charge >= 0.3 is 0 Å². The molecule has 0 radical (unpaired) electrons. The van der Waals surface area contributed by atoms with E-state index in [0.717, 1.165) is 17.7 Å². The van der Waals surface area contributed by atoms with Crippen LogP contribution in [0.1, 0.15) is 47.0 Å². The van der Waals surface area contributed by atoms with E-state index in [4.69, 9.17) is 4.52 Å². The number of carbonyl (C=O) groups excluding carboxylic acids is 1. The van der Waals surface area contributed by atoms with Gasteiger partial charge in [0.1, 0.15) is 5.82 Å². The number of amides is 1. The van der Waals surface area contributed by atoms with E-state index in [2.05, 4.69) is 16.2 Å². The van der Waals surface area contributed by atoms with Crippen LogP contribution in [0.5, 0.6) is 0 Å². The van der Waals surface area contributed by atoms with Gasteiger partial charge in [-0.1, -0.05) is 11.2 Å². The number of hydrogen-bond donors (Lipinski definition) is 0. The van der Waals surface area contributed by atoms with Crippen molar-refractivity contribution in [1.29, 1.82) is 0 Å². The summed E-state index contributed by atoms with van der Waals surface area (Å²) in [6.45, 7) is 2.14. The van der Waals surface area contributed by atoms with Crippen LogP contribution in [0.4, 0.5) is 10.1 Å². The number of hydrogen-bond acceptors (Lipinski definition) is 5. The molecule has 0 bridgehead atoms. The number of fused-ring (bicyclic) bond motifs is 1. The highest BCUT2D eigenvalue weighted by atomic mass is 32.1. The van der Waals surface area contributed by atoms with Crippen LogP contribution in [0.3, 0.4) is 0 Å². The summed E-state index contributed by atoms with van der Waals surface area (Å²) < 4.78 is 19.4. The Hall–Kier alpha value is -2.54. The fourth-order valence-electron chi connectivity index (χ4n) is 3.98. The summed E-state index contributed by atoms with van der Waals surface area (Å²) in [5, 5.41) is 4.14. The molecule has 1 amide bonds. The van der Waals surface area contributed by atoms with E-state index in [1.807, 2.05) is 0 Å². The number of rotatable bonds is 3. The second-order valence-electron chi connectivity index (χ2n) is 7.56. The molecule has 0 spiro atoms. The van der Waals surface area contributed by atoms with Gasteiger partial charge in [-0.25, -0.2) is 4.39 Å². The second kappa shape index (κ2) is 6.81. The summed E-state index contributed by atoms with van der Waals surface area (Å²) in [6.07, 6.45) is 5.02. The number of benzene rings is 1. The van der Waals surface area contributed by atoms with Crippen molar-refractivity contribution < 1.29 is 13.7 Å². The Morgan fingerprint density at radius 1 is 1.25 bits per heavy atom. The number of aromatic nitrogens is 2. The van der Waals surface area contributed by atoms with Crippen LogP contribution in [0, 0.1) is 12.7 Å². The highest BCUT2D eigenvalue weighted by Crippen LogP contribution is 2.37. The minimum Gasteiger partial charge on any atom is -0.333 e. The zero-order chi connectivity index (χ0) is 19.3. The van der Waals surface area contributed by atoms with Gasteiger partial charge < -0.3 is 9.42 Å². The predicted molar refractivity (Wildman–Crippen MR) is 105 cm³/mol. The SMILES string of the molecule is Cc1ccc(N2CC(c3noc(-c4cc5c(s4)CCCC5)n3)CC2=O)cc1F. The van der Waals surface area contributed by atoms with E-state index in [1.165, 1.54) is 29.3 Å². The van der Waals surface area contributed by atoms with E-state index in [9.17, 15) is 9.18 Å². The first-order chi connectivity index (χ1) is 13.6. The Morgan fingerprint density at radius 2 is 2.11 bits per heavy atom. The van der Waals surface area contributed by atoms with E-state index in [1.54, 1.807) is 35.3 Å². The third kappa shape index (κ3) is 3.03. The van der Waals surface area contributed by atoms with Gasteiger partial charge in [-0.3, -0.25) is 4.79 Å². The molecular formula is C21H20FN3O2S. The number of aryl methyl sites for hydroxylation is 3. The predicted octanol–water partition coefficient (Wildman–Crippen LogP) is 4.64. The van der Waals surface area contributed by atoms with Gasteiger partial charge in [-0.2, -0.15) is 4.98 Å². The van der Waals surface area contributed by atoms with Gasteiger partial charge in [0, 0.05) is 29.4 Å². The van der Waals surface area contributed by atoms with Crippen LogP contribution >= 0.6 is 11.3 Å². The number of carbonyl (C=O) groups is 1. The molecule has 3 aromatic rings. The molecule has 1 unspecified atom stereocenters. The molecule has 1 aliphatic carbocycles. The molecule has 28 heavy (non-hydrogen) atoms. The number of halogens is 1. The van der Waals surface area contributed by atoms with Crippen LogP contribution in [-0.4, -0.2) is 22.6 Å². The molecule has 2 aromatic heterocycles. The highest BCUT2D eigenvalue weighted by Gasteiger charge is 2.35. The van der Waals surface area contributed by atoms with Crippen molar-refractivity contribution in [2.45, 2.75) is 44.9 Å². The summed E-state index contributed by atoms with van der Waals surface area (Å²) in [5.74, 6) is 0.568. The van der Waals surface area contributed by atoms with Gasteiger partial charge in [0.15, 0.2) is 5.82 Å². The zero-order valence-corrected chi connectivity index (χ0v) is 16.4. The first-order valence-corrected chi connectivity index (χ1v) is 10.4. The zero-order valence-electron chi connectivity index (χ0n) is 15.6. The molecule has 1 fully saturated rings. The standard InChI is InChI=1S/C21H20FN3O2S/c1-12-6-7-15(10-16(12)22)25-11-14(9-19(25)26)20-23-21(27-24-20)18-8-13-4-2-3-5-17(13)28-18/h6-8,10,14H,2-5,9,11H2,1H3.